The van der Waals surface area contributed by atoms with Gasteiger partial charge in [-0.2, -0.15) is 0 Å². The second-order valence-electron chi connectivity index (χ2n) is 5.14. The van der Waals surface area contributed by atoms with Gasteiger partial charge in [0.15, 0.2) is 5.78 Å². The van der Waals surface area contributed by atoms with E-state index in [1.54, 1.807) is 24.3 Å². The van der Waals surface area contributed by atoms with E-state index in [1.807, 2.05) is 0 Å². The van der Waals surface area contributed by atoms with Gasteiger partial charge in [0.05, 0.1) is 5.02 Å². The first kappa shape index (κ1) is 14.9. The molecule has 2 rings (SSSR count). The summed E-state index contributed by atoms with van der Waals surface area (Å²) in [6, 6.07) is 5.61. The highest BCUT2D eigenvalue weighted by Gasteiger charge is 2.42. The first-order valence-corrected chi connectivity index (χ1v) is 6.97. The molecule has 1 fully saturated rings. The molecule has 5 nitrogen and oxygen atoms in total. The number of nitro groups is 1. The molecule has 1 aliphatic rings. The number of aliphatic hydroxyl groups excluding tert-OH is 1. The Bertz CT molecular complexity index is 520. The zero-order chi connectivity index (χ0) is 14.7. The van der Waals surface area contributed by atoms with Crippen molar-refractivity contribution >= 4 is 17.4 Å². The molecular formula is C14H16ClNO4. The highest BCUT2D eigenvalue weighted by atomic mass is 35.5. The van der Waals surface area contributed by atoms with Crippen LogP contribution in [-0.2, 0) is 0 Å². The van der Waals surface area contributed by atoms with Crippen LogP contribution in [0.3, 0.4) is 0 Å². The van der Waals surface area contributed by atoms with Gasteiger partial charge in [0.2, 0.25) is 6.04 Å². The highest BCUT2D eigenvalue weighted by Crippen LogP contribution is 2.31. The number of nitrogens with zero attached hydrogens (tertiary/aromatic N) is 1. The third-order valence-electron chi connectivity index (χ3n) is 3.82. The van der Waals surface area contributed by atoms with E-state index in [-0.39, 0.29) is 12.2 Å². The lowest BCUT2D eigenvalue weighted by atomic mass is 9.79. The molecule has 0 bridgehead atoms. The SMILES string of the molecule is O=C(CC1CCCC(O)C1[N+](=O)[O-])c1ccccc1Cl. The van der Waals surface area contributed by atoms with Crippen molar-refractivity contribution in [2.24, 2.45) is 5.92 Å². The maximum absolute atomic E-state index is 12.2. The van der Waals surface area contributed by atoms with Crippen molar-refractivity contribution in [1.82, 2.24) is 0 Å². The zero-order valence-electron chi connectivity index (χ0n) is 10.9. The molecular weight excluding hydrogens is 282 g/mol. The smallest absolute Gasteiger partial charge is 0.241 e. The fraction of sp³-hybridized carbons (Fsp3) is 0.500. The quantitative estimate of drug-likeness (QED) is 0.526. The van der Waals surface area contributed by atoms with E-state index >= 15 is 0 Å². The summed E-state index contributed by atoms with van der Waals surface area (Å²) in [6.45, 7) is 0. The second kappa shape index (κ2) is 6.33. The number of carbonyl (C=O) groups excluding carboxylic acids is 1. The summed E-state index contributed by atoms with van der Waals surface area (Å²) in [5, 5.41) is 21.2. The van der Waals surface area contributed by atoms with Gasteiger partial charge < -0.3 is 5.11 Å². The molecule has 1 N–H and O–H groups in total. The van der Waals surface area contributed by atoms with Gasteiger partial charge in [-0.05, 0) is 25.0 Å². The lowest BCUT2D eigenvalue weighted by Crippen LogP contribution is -2.44. The Kier molecular flexibility index (Phi) is 4.73. The van der Waals surface area contributed by atoms with Crippen LogP contribution in [0.1, 0.15) is 36.0 Å². The van der Waals surface area contributed by atoms with Crippen molar-refractivity contribution < 1.29 is 14.8 Å². The van der Waals surface area contributed by atoms with Crippen LogP contribution in [0.2, 0.25) is 5.02 Å². The summed E-state index contributed by atoms with van der Waals surface area (Å²) in [6.07, 6.45) is 0.780. The lowest BCUT2D eigenvalue weighted by molar-refractivity contribution is -0.547. The minimum Gasteiger partial charge on any atom is -0.386 e. The average molecular weight is 298 g/mol. The molecule has 1 aliphatic carbocycles. The van der Waals surface area contributed by atoms with E-state index in [1.165, 1.54) is 0 Å². The van der Waals surface area contributed by atoms with Crippen LogP contribution in [0.4, 0.5) is 0 Å². The van der Waals surface area contributed by atoms with E-state index in [0.29, 0.717) is 29.8 Å². The molecule has 0 radical (unpaired) electrons. The predicted octanol–water partition coefficient (Wildman–Crippen LogP) is 2.72. The number of hydrogen-bond acceptors (Lipinski definition) is 4. The summed E-state index contributed by atoms with van der Waals surface area (Å²) >= 11 is 5.96. The predicted molar refractivity (Wildman–Crippen MR) is 74.5 cm³/mol. The summed E-state index contributed by atoms with van der Waals surface area (Å²) < 4.78 is 0. The molecule has 0 aromatic heterocycles. The molecule has 3 atom stereocenters. The maximum Gasteiger partial charge on any atom is 0.241 e. The molecule has 0 amide bonds. The van der Waals surface area contributed by atoms with E-state index in [4.69, 9.17) is 11.6 Å². The summed E-state index contributed by atoms with van der Waals surface area (Å²) in [5.41, 5.74) is 0.385. The van der Waals surface area contributed by atoms with Crippen LogP contribution in [0, 0.1) is 16.0 Å². The van der Waals surface area contributed by atoms with E-state index in [2.05, 4.69) is 0 Å². The van der Waals surface area contributed by atoms with Gasteiger partial charge in [0, 0.05) is 22.8 Å². The largest absolute Gasteiger partial charge is 0.386 e. The number of rotatable bonds is 4. The van der Waals surface area contributed by atoms with Gasteiger partial charge in [0.1, 0.15) is 6.10 Å². The highest BCUT2D eigenvalue weighted by molar-refractivity contribution is 6.33. The fourth-order valence-electron chi connectivity index (χ4n) is 2.82. The molecule has 6 heteroatoms. The molecule has 0 spiro atoms. The zero-order valence-corrected chi connectivity index (χ0v) is 11.6. The third kappa shape index (κ3) is 3.16. The van der Waals surface area contributed by atoms with Gasteiger partial charge in [0.25, 0.3) is 0 Å². The Morgan fingerprint density at radius 3 is 2.75 bits per heavy atom. The first-order valence-electron chi connectivity index (χ1n) is 6.60. The number of ketones is 1. The summed E-state index contributed by atoms with van der Waals surface area (Å²) in [4.78, 5) is 22.8. The molecule has 1 aromatic carbocycles. The van der Waals surface area contributed by atoms with E-state index in [0.717, 1.165) is 0 Å². The lowest BCUT2D eigenvalue weighted by Gasteiger charge is -2.28. The van der Waals surface area contributed by atoms with Crippen molar-refractivity contribution in [2.75, 3.05) is 0 Å². The number of halogens is 1. The van der Waals surface area contributed by atoms with E-state index < -0.39 is 23.0 Å². The van der Waals surface area contributed by atoms with Gasteiger partial charge in [-0.1, -0.05) is 30.2 Å². The van der Waals surface area contributed by atoms with Gasteiger partial charge in [-0.25, -0.2) is 0 Å². The van der Waals surface area contributed by atoms with Crippen LogP contribution in [-0.4, -0.2) is 28.0 Å². The van der Waals surface area contributed by atoms with E-state index in [9.17, 15) is 20.0 Å². The standard InChI is InChI=1S/C14H16ClNO4/c15-11-6-2-1-5-10(11)13(18)8-9-4-3-7-12(17)14(9)16(19)20/h1-2,5-6,9,12,14,17H,3-4,7-8H2. The Labute approximate surface area is 121 Å². The Balaban J connectivity index is 2.13. The Hall–Kier alpha value is -1.46. The monoisotopic (exact) mass is 297 g/mol. The van der Waals surface area contributed by atoms with Crippen LogP contribution in [0.15, 0.2) is 24.3 Å². The molecule has 0 aliphatic heterocycles. The average Bonchev–Trinajstić information content (AvgIpc) is 2.38. The summed E-state index contributed by atoms with van der Waals surface area (Å²) in [7, 11) is 0. The second-order valence-corrected chi connectivity index (χ2v) is 5.55. The molecule has 1 aromatic rings. The van der Waals surface area contributed by atoms with Crippen LogP contribution in [0.25, 0.3) is 0 Å². The number of benzene rings is 1. The Morgan fingerprint density at radius 2 is 2.10 bits per heavy atom. The minimum absolute atomic E-state index is 0.0481. The van der Waals surface area contributed by atoms with Crippen molar-refractivity contribution in [3.05, 3.63) is 45.0 Å². The fourth-order valence-corrected chi connectivity index (χ4v) is 3.06. The van der Waals surface area contributed by atoms with Crippen LogP contribution < -0.4 is 0 Å². The number of hydrogen-bond donors (Lipinski definition) is 1. The van der Waals surface area contributed by atoms with Gasteiger partial charge in [-0.3, -0.25) is 14.9 Å². The molecule has 20 heavy (non-hydrogen) atoms. The maximum atomic E-state index is 12.2. The van der Waals surface area contributed by atoms with Crippen LogP contribution in [0.5, 0.6) is 0 Å². The molecule has 0 saturated heterocycles. The van der Waals surface area contributed by atoms with Gasteiger partial charge in [-0.15, -0.1) is 0 Å². The Morgan fingerprint density at radius 1 is 1.40 bits per heavy atom. The topological polar surface area (TPSA) is 80.4 Å². The molecule has 0 heterocycles. The van der Waals surface area contributed by atoms with Crippen molar-refractivity contribution in [3.63, 3.8) is 0 Å². The normalized spacial score (nSPS) is 26.2. The number of Topliss-reactive ketones (excluding diaryl/α,β-unsaturated/α-hetero) is 1. The van der Waals surface area contributed by atoms with Crippen molar-refractivity contribution in [2.45, 2.75) is 37.8 Å². The van der Waals surface area contributed by atoms with Crippen LogP contribution >= 0.6 is 11.6 Å². The molecule has 108 valence electrons. The molecule has 3 unspecified atom stereocenters. The van der Waals surface area contributed by atoms with Crippen molar-refractivity contribution in [1.29, 1.82) is 0 Å². The summed E-state index contributed by atoms with van der Waals surface area (Å²) in [5.74, 6) is -0.640. The molecule has 1 saturated carbocycles. The van der Waals surface area contributed by atoms with Gasteiger partial charge >= 0.3 is 0 Å². The number of aliphatic hydroxyl groups is 1. The number of carbonyl (C=O) groups is 1. The first-order chi connectivity index (χ1) is 9.50. The minimum atomic E-state index is -1.06. The van der Waals surface area contributed by atoms with Crippen molar-refractivity contribution in [3.8, 4) is 0 Å². The third-order valence-corrected chi connectivity index (χ3v) is 4.15.